The van der Waals surface area contributed by atoms with Crippen LogP contribution in [0.25, 0.3) is 0 Å². The van der Waals surface area contributed by atoms with Crippen LogP contribution < -0.4 is 0 Å². The third-order valence-electron chi connectivity index (χ3n) is 3.07. The Balaban J connectivity index is 5.93. The molecule has 0 saturated heterocycles. The van der Waals surface area contributed by atoms with Gasteiger partial charge < -0.3 is 4.74 Å². The van der Waals surface area contributed by atoms with Crippen molar-refractivity contribution < 1.29 is 79.2 Å². The van der Waals surface area contributed by atoms with Gasteiger partial charge in [0.05, 0.1) is 12.4 Å². The minimum absolute atomic E-state index is 1.33. The average Bonchev–Trinajstić information content (AvgIpc) is 2.49. The molecule has 0 aliphatic heterocycles. The summed E-state index contributed by atoms with van der Waals surface area (Å²) in [6.07, 6.45) is -13.9. The molecule has 4 nitrogen and oxygen atoms in total. The molecule has 19 heteroatoms. The van der Waals surface area contributed by atoms with Crippen molar-refractivity contribution in [1.29, 1.82) is 0 Å². The third-order valence-corrected chi connectivity index (χ3v) is 3.88. The molecule has 0 aromatic carbocycles. The fourth-order valence-electron chi connectivity index (χ4n) is 1.46. The molecule has 0 spiro atoms. The van der Waals surface area contributed by atoms with Gasteiger partial charge in [-0.2, -0.15) is 61.1 Å². The highest BCUT2D eigenvalue weighted by atomic mass is 32.2. The van der Waals surface area contributed by atoms with E-state index in [1.54, 1.807) is 0 Å². The highest BCUT2D eigenvalue weighted by molar-refractivity contribution is 7.85. The number of halogens is 14. The molecule has 0 saturated carbocycles. The van der Waals surface area contributed by atoms with Gasteiger partial charge in [-0.3, -0.25) is 4.55 Å². The lowest BCUT2D eigenvalue weighted by Crippen LogP contribution is -2.71. The first kappa shape index (κ1) is 27.9. The van der Waals surface area contributed by atoms with Crippen molar-refractivity contribution >= 4 is 10.1 Å². The molecule has 29 heavy (non-hydrogen) atoms. The van der Waals surface area contributed by atoms with Crippen molar-refractivity contribution in [2.75, 3.05) is 12.4 Å². The van der Waals surface area contributed by atoms with Crippen LogP contribution in [0.5, 0.6) is 0 Å². The molecule has 0 amide bonds. The van der Waals surface area contributed by atoms with Gasteiger partial charge in [-0.1, -0.05) is 0 Å². The van der Waals surface area contributed by atoms with E-state index in [0.717, 1.165) is 0 Å². The zero-order valence-electron chi connectivity index (χ0n) is 13.1. The van der Waals surface area contributed by atoms with E-state index in [0.29, 0.717) is 0 Å². The zero-order chi connectivity index (χ0) is 23.9. The molecule has 0 rings (SSSR count). The molecule has 0 atom stereocenters. The largest absolute Gasteiger partial charge is 0.426 e. The van der Waals surface area contributed by atoms with Crippen LogP contribution in [0.4, 0.5) is 61.5 Å². The van der Waals surface area contributed by atoms with Crippen LogP contribution in [0.15, 0.2) is 0 Å². The maximum Gasteiger partial charge on any atom is 0.426 e. The van der Waals surface area contributed by atoms with Crippen molar-refractivity contribution in [2.24, 2.45) is 0 Å². The molecule has 0 aliphatic rings. The van der Waals surface area contributed by atoms with Crippen LogP contribution in [0.2, 0.25) is 0 Å². The second-order valence-electron chi connectivity index (χ2n) is 5.23. The predicted octanol–water partition coefficient (Wildman–Crippen LogP) is 4.32. The van der Waals surface area contributed by atoms with E-state index in [2.05, 4.69) is 4.74 Å². The molecule has 0 unspecified atom stereocenters. The number of hydrogen-bond acceptors (Lipinski definition) is 3. The standard InChI is InChI=1S/C10H8F14O4S/c11-4(12)5(13,14)6(15,16)7(17,18)8(19,20)9(21,22)10(23,24)28-2-1-3-29(25,26)27/h4H,1-3H2,(H,25,26,27). The fraction of sp³-hybridized carbons (Fsp3) is 1.00. The SMILES string of the molecule is O=S(=O)(O)CCCOC(F)(F)C(F)(F)C(F)(F)C(F)(F)C(F)(F)C(F)(F)C(F)F. The molecule has 0 aromatic rings. The van der Waals surface area contributed by atoms with Gasteiger partial charge in [0.2, 0.25) is 0 Å². The second-order valence-corrected chi connectivity index (χ2v) is 6.80. The van der Waals surface area contributed by atoms with Crippen molar-refractivity contribution in [3.05, 3.63) is 0 Å². The lowest BCUT2D eigenvalue weighted by Gasteiger charge is -2.40. The van der Waals surface area contributed by atoms with Crippen LogP contribution in [0.1, 0.15) is 6.42 Å². The molecule has 0 radical (unpaired) electrons. The summed E-state index contributed by atoms with van der Waals surface area (Å²) in [5, 5.41) is 0. The summed E-state index contributed by atoms with van der Waals surface area (Å²) < 4.78 is 211. The normalized spacial score (nSPS) is 15.9. The first-order valence-corrected chi connectivity index (χ1v) is 8.15. The summed E-state index contributed by atoms with van der Waals surface area (Å²) in [6, 6.07) is 0. The molecular weight excluding hydrogens is 482 g/mol. The van der Waals surface area contributed by atoms with Gasteiger partial charge in [-0.25, -0.2) is 8.78 Å². The molecule has 0 heterocycles. The van der Waals surface area contributed by atoms with Crippen molar-refractivity contribution in [3.8, 4) is 0 Å². The molecule has 0 aromatic heterocycles. The second kappa shape index (κ2) is 7.86. The Morgan fingerprint density at radius 2 is 1.10 bits per heavy atom. The van der Waals surface area contributed by atoms with E-state index < -0.39 is 71.0 Å². The lowest BCUT2D eigenvalue weighted by atomic mass is 9.94. The Labute approximate surface area is 151 Å². The van der Waals surface area contributed by atoms with Crippen LogP contribution in [-0.2, 0) is 14.9 Å². The highest BCUT2D eigenvalue weighted by Crippen LogP contribution is 2.60. The van der Waals surface area contributed by atoms with E-state index in [4.69, 9.17) is 4.55 Å². The quantitative estimate of drug-likeness (QED) is 0.267. The maximum absolute atomic E-state index is 13.2. The number of rotatable bonds is 11. The summed E-state index contributed by atoms with van der Waals surface area (Å²) in [5.74, 6) is -40.7. The number of hydrogen-bond donors (Lipinski definition) is 1. The van der Waals surface area contributed by atoms with Gasteiger partial charge in [0.25, 0.3) is 10.1 Å². The van der Waals surface area contributed by atoms with Crippen molar-refractivity contribution in [1.82, 2.24) is 0 Å². The molecular formula is C10H8F14O4S. The Kier molecular flexibility index (Phi) is 7.56. The first-order chi connectivity index (χ1) is 12.4. The Morgan fingerprint density at radius 3 is 1.45 bits per heavy atom. The smallest absolute Gasteiger partial charge is 0.315 e. The third kappa shape index (κ3) is 4.80. The summed E-state index contributed by atoms with van der Waals surface area (Å²) in [6.45, 7) is -1.96. The summed E-state index contributed by atoms with van der Waals surface area (Å²) in [5.41, 5.74) is 0. The first-order valence-electron chi connectivity index (χ1n) is 6.54. The Hall–Kier alpha value is -1.11. The van der Waals surface area contributed by atoms with E-state index in [1.807, 2.05) is 0 Å². The topological polar surface area (TPSA) is 63.6 Å². The predicted molar refractivity (Wildman–Crippen MR) is 62.7 cm³/mol. The van der Waals surface area contributed by atoms with Crippen LogP contribution in [-0.4, -0.2) is 67.5 Å². The molecule has 176 valence electrons. The highest BCUT2D eigenvalue weighted by Gasteiger charge is 2.91. The monoisotopic (exact) mass is 490 g/mol. The van der Waals surface area contributed by atoms with Gasteiger partial charge in [-0.05, 0) is 6.42 Å². The van der Waals surface area contributed by atoms with Crippen molar-refractivity contribution in [2.45, 2.75) is 48.6 Å². The minimum Gasteiger partial charge on any atom is -0.315 e. The molecule has 0 bridgehead atoms. The minimum atomic E-state index is -8.16. The van der Waals surface area contributed by atoms with Gasteiger partial charge >= 0.3 is 42.1 Å². The summed E-state index contributed by atoms with van der Waals surface area (Å²) in [4.78, 5) is 0. The van der Waals surface area contributed by atoms with Gasteiger partial charge in [-0.15, -0.1) is 0 Å². The van der Waals surface area contributed by atoms with E-state index in [9.17, 15) is 69.9 Å². The van der Waals surface area contributed by atoms with E-state index in [1.165, 1.54) is 0 Å². The molecule has 0 aliphatic carbocycles. The van der Waals surface area contributed by atoms with Gasteiger partial charge in [0, 0.05) is 0 Å². The maximum atomic E-state index is 13.2. The average molecular weight is 490 g/mol. The van der Waals surface area contributed by atoms with E-state index in [-0.39, 0.29) is 0 Å². The fourth-order valence-corrected chi connectivity index (χ4v) is 1.94. The number of alkyl halides is 14. The van der Waals surface area contributed by atoms with Crippen LogP contribution in [0, 0.1) is 0 Å². The summed E-state index contributed by atoms with van der Waals surface area (Å²) >= 11 is 0. The van der Waals surface area contributed by atoms with Crippen LogP contribution >= 0.6 is 0 Å². The van der Waals surface area contributed by atoms with Crippen molar-refractivity contribution in [3.63, 3.8) is 0 Å². The number of ether oxygens (including phenoxy) is 1. The lowest BCUT2D eigenvalue weighted by molar-refractivity contribution is -0.461. The zero-order valence-corrected chi connectivity index (χ0v) is 13.9. The van der Waals surface area contributed by atoms with Crippen LogP contribution in [0.3, 0.4) is 0 Å². The van der Waals surface area contributed by atoms with E-state index >= 15 is 0 Å². The van der Waals surface area contributed by atoms with Gasteiger partial charge in [0.1, 0.15) is 0 Å². The summed E-state index contributed by atoms with van der Waals surface area (Å²) in [7, 11) is -4.91. The molecule has 1 N–H and O–H groups in total. The Bertz CT molecular complexity index is 674. The molecule has 0 fully saturated rings. The Morgan fingerprint density at radius 1 is 0.724 bits per heavy atom. The van der Waals surface area contributed by atoms with Gasteiger partial charge in [0.15, 0.2) is 0 Å².